The number of carbonyl (C=O) groups excluding carboxylic acids is 2. The number of anilines is 1. The average Bonchev–Trinajstić information content (AvgIpc) is 3.46. The number of nitrogens with one attached hydrogen (secondary N) is 3. The molecule has 0 spiro atoms. The quantitative estimate of drug-likeness (QED) is 0.235. The number of alkyl halides is 3. The van der Waals surface area contributed by atoms with E-state index in [2.05, 4.69) is 46.0 Å². The molecule has 0 aliphatic heterocycles. The molecule has 40 heavy (non-hydrogen) atoms. The number of pyridine rings is 1. The summed E-state index contributed by atoms with van der Waals surface area (Å²) >= 11 is 0. The highest BCUT2D eigenvalue weighted by atomic mass is 19.4. The first-order valence-corrected chi connectivity index (χ1v) is 12.3. The molecule has 0 saturated carbocycles. The zero-order valence-electron chi connectivity index (χ0n) is 21.3. The maximum Gasteiger partial charge on any atom is 0.573 e. The standard InChI is InChI=1S/C26H25F3N8O3/c1-16(4-3-10-31-25(39)22-15-32-37-35-22)21-7-8-23(36-34-21)33-24(38)14-19-12-18(9-11-30-19)17-5-2-6-20(13-17)40-26(27,28)29/h2,5-9,11-13,15-16H,3-4,10,14H2,1H3,(H,31,39)(H,32,35,37)(H,33,36,38). The SMILES string of the molecule is CC(CCCNC(=O)c1c[nH]nn1)c1ccc(NC(=O)Cc2cc(-c3cccc(OC(F)(F)F)c3)ccn2)nn1. The second-order valence-electron chi connectivity index (χ2n) is 8.84. The first kappa shape index (κ1) is 28.1. The summed E-state index contributed by atoms with van der Waals surface area (Å²) < 4.78 is 41.6. The zero-order valence-corrected chi connectivity index (χ0v) is 21.3. The van der Waals surface area contributed by atoms with Gasteiger partial charge in [0.1, 0.15) is 5.75 Å². The maximum atomic E-state index is 12.6. The Hall–Kier alpha value is -4.88. The highest BCUT2D eigenvalue weighted by Gasteiger charge is 2.31. The van der Waals surface area contributed by atoms with Crippen molar-refractivity contribution in [1.29, 1.82) is 0 Å². The van der Waals surface area contributed by atoms with Gasteiger partial charge >= 0.3 is 6.36 Å². The van der Waals surface area contributed by atoms with E-state index in [0.29, 0.717) is 23.4 Å². The summed E-state index contributed by atoms with van der Waals surface area (Å²) in [7, 11) is 0. The summed E-state index contributed by atoms with van der Waals surface area (Å²) in [5, 5.41) is 23.4. The second-order valence-corrected chi connectivity index (χ2v) is 8.84. The van der Waals surface area contributed by atoms with Crippen LogP contribution in [0, 0.1) is 0 Å². The maximum absolute atomic E-state index is 12.6. The summed E-state index contributed by atoms with van der Waals surface area (Å²) in [6.45, 7) is 2.46. The third-order valence-corrected chi connectivity index (χ3v) is 5.77. The largest absolute Gasteiger partial charge is 0.573 e. The van der Waals surface area contributed by atoms with Crippen LogP contribution in [0.2, 0.25) is 0 Å². The summed E-state index contributed by atoms with van der Waals surface area (Å²) in [4.78, 5) is 28.6. The minimum atomic E-state index is -4.79. The Bertz CT molecular complexity index is 1430. The van der Waals surface area contributed by atoms with E-state index in [-0.39, 0.29) is 41.4 Å². The molecule has 3 N–H and O–H groups in total. The van der Waals surface area contributed by atoms with Crippen LogP contribution in [-0.4, -0.2) is 55.3 Å². The van der Waals surface area contributed by atoms with Crippen LogP contribution in [0.15, 0.2) is 60.9 Å². The van der Waals surface area contributed by atoms with Gasteiger partial charge in [-0.1, -0.05) is 24.3 Å². The molecule has 1 unspecified atom stereocenters. The molecule has 0 saturated heterocycles. The summed E-state index contributed by atoms with van der Waals surface area (Å²) in [5.41, 5.74) is 2.46. The van der Waals surface area contributed by atoms with E-state index in [0.717, 1.165) is 18.5 Å². The minimum absolute atomic E-state index is 0.0769. The Morgan fingerprint density at radius 1 is 1.05 bits per heavy atom. The van der Waals surface area contributed by atoms with Crippen molar-refractivity contribution in [3.63, 3.8) is 0 Å². The van der Waals surface area contributed by atoms with E-state index in [1.54, 1.807) is 30.3 Å². The molecule has 11 nitrogen and oxygen atoms in total. The van der Waals surface area contributed by atoms with Crippen LogP contribution < -0.4 is 15.4 Å². The van der Waals surface area contributed by atoms with Gasteiger partial charge in [0.15, 0.2) is 11.5 Å². The number of halogens is 3. The fourth-order valence-corrected chi connectivity index (χ4v) is 3.81. The van der Waals surface area contributed by atoms with Crippen LogP contribution in [0.5, 0.6) is 5.75 Å². The smallest absolute Gasteiger partial charge is 0.406 e. The number of benzene rings is 1. The first-order valence-electron chi connectivity index (χ1n) is 12.3. The number of aromatic amines is 1. The molecule has 1 aromatic carbocycles. The Labute approximate surface area is 226 Å². The van der Waals surface area contributed by atoms with Gasteiger partial charge in [-0.2, -0.15) is 5.10 Å². The summed E-state index contributed by atoms with van der Waals surface area (Å²) in [6.07, 6.45) is -0.500. The molecule has 1 atom stereocenters. The fraction of sp³-hybridized carbons (Fsp3) is 0.269. The third-order valence-electron chi connectivity index (χ3n) is 5.77. The van der Waals surface area contributed by atoms with Crippen molar-refractivity contribution in [1.82, 2.24) is 35.9 Å². The van der Waals surface area contributed by atoms with E-state index in [9.17, 15) is 22.8 Å². The van der Waals surface area contributed by atoms with E-state index in [1.807, 2.05) is 6.92 Å². The monoisotopic (exact) mass is 554 g/mol. The predicted molar refractivity (Wildman–Crippen MR) is 137 cm³/mol. The Morgan fingerprint density at radius 2 is 1.88 bits per heavy atom. The molecular formula is C26H25F3N8O3. The van der Waals surface area contributed by atoms with Crippen LogP contribution in [0.4, 0.5) is 19.0 Å². The number of carbonyl (C=O) groups is 2. The first-order chi connectivity index (χ1) is 19.2. The fourth-order valence-electron chi connectivity index (χ4n) is 3.81. The molecule has 0 fully saturated rings. The normalized spacial score (nSPS) is 12.0. The number of ether oxygens (including phenoxy) is 1. The van der Waals surface area contributed by atoms with Gasteiger partial charge in [-0.25, -0.2) is 0 Å². The molecule has 208 valence electrons. The Morgan fingerprint density at radius 3 is 2.60 bits per heavy atom. The molecule has 3 heterocycles. The third kappa shape index (κ3) is 8.31. The number of H-pyrrole nitrogens is 1. The van der Waals surface area contributed by atoms with Gasteiger partial charge in [-0.3, -0.25) is 19.7 Å². The van der Waals surface area contributed by atoms with E-state index < -0.39 is 6.36 Å². The molecule has 0 aliphatic rings. The highest BCUT2D eigenvalue weighted by Crippen LogP contribution is 2.28. The molecule has 0 bridgehead atoms. The topological polar surface area (TPSA) is 148 Å². The molecular weight excluding hydrogens is 529 g/mol. The van der Waals surface area contributed by atoms with Crippen molar-refractivity contribution < 1.29 is 27.5 Å². The summed E-state index contributed by atoms with van der Waals surface area (Å²) in [5.74, 6) is -0.668. The number of amides is 2. The molecule has 2 amide bonds. The Balaban J connectivity index is 1.26. The van der Waals surface area contributed by atoms with Gasteiger partial charge in [-0.15, -0.1) is 23.4 Å². The van der Waals surface area contributed by atoms with Crippen LogP contribution in [0.1, 0.15) is 47.6 Å². The van der Waals surface area contributed by atoms with Crippen molar-refractivity contribution >= 4 is 17.6 Å². The van der Waals surface area contributed by atoms with Gasteiger partial charge in [0.25, 0.3) is 5.91 Å². The zero-order chi connectivity index (χ0) is 28.5. The van der Waals surface area contributed by atoms with Gasteiger partial charge < -0.3 is 15.4 Å². The van der Waals surface area contributed by atoms with Crippen molar-refractivity contribution in [2.45, 2.75) is 38.5 Å². The van der Waals surface area contributed by atoms with E-state index >= 15 is 0 Å². The van der Waals surface area contributed by atoms with Crippen molar-refractivity contribution in [3.05, 3.63) is 78.0 Å². The average molecular weight is 555 g/mol. The lowest BCUT2D eigenvalue weighted by atomic mass is 10.0. The molecule has 0 radical (unpaired) electrons. The van der Waals surface area contributed by atoms with Crippen molar-refractivity contribution in [2.75, 3.05) is 11.9 Å². The second kappa shape index (κ2) is 12.8. The molecule has 4 rings (SSSR count). The highest BCUT2D eigenvalue weighted by molar-refractivity contribution is 5.92. The van der Waals surface area contributed by atoms with Gasteiger partial charge in [0.05, 0.1) is 24.0 Å². The lowest BCUT2D eigenvalue weighted by Gasteiger charge is -2.11. The Kier molecular flexibility index (Phi) is 8.99. The minimum Gasteiger partial charge on any atom is -0.406 e. The molecule has 0 aliphatic carbocycles. The van der Waals surface area contributed by atoms with Crippen LogP contribution in [0.3, 0.4) is 0 Å². The van der Waals surface area contributed by atoms with Crippen LogP contribution in [-0.2, 0) is 11.2 Å². The number of aromatic nitrogens is 6. The molecule has 3 aromatic heterocycles. The summed E-state index contributed by atoms with van der Waals surface area (Å²) in [6, 6.07) is 12.2. The predicted octanol–water partition coefficient (Wildman–Crippen LogP) is 4.05. The van der Waals surface area contributed by atoms with Crippen molar-refractivity contribution in [3.8, 4) is 16.9 Å². The van der Waals surface area contributed by atoms with Gasteiger partial charge in [0, 0.05) is 18.7 Å². The van der Waals surface area contributed by atoms with Crippen LogP contribution >= 0.6 is 0 Å². The van der Waals surface area contributed by atoms with Crippen molar-refractivity contribution in [2.24, 2.45) is 0 Å². The van der Waals surface area contributed by atoms with E-state index in [4.69, 9.17) is 0 Å². The number of nitrogens with zero attached hydrogens (tertiary/aromatic N) is 5. The molecule has 4 aromatic rings. The lowest BCUT2D eigenvalue weighted by molar-refractivity contribution is -0.274. The molecule has 14 heteroatoms. The van der Waals surface area contributed by atoms with Gasteiger partial charge in [0.2, 0.25) is 5.91 Å². The lowest BCUT2D eigenvalue weighted by Crippen LogP contribution is -2.25. The van der Waals surface area contributed by atoms with Crippen LogP contribution in [0.25, 0.3) is 11.1 Å². The number of hydrogen-bond donors (Lipinski definition) is 3. The number of hydrogen-bond acceptors (Lipinski definition) is 8. The number of rotatable bonds is 11. The van der Waals surface area contributed by atoms with E-state index in [1.165, 1.54) is 30.6 Å². The van der Waals surface area contributed by atoms with Gasteiger partial charge in [-0.05, 0) is 60.4 Å².